The van der Waals surface area contributed by atoms with Gasteiger partial charge in [-0.05, 0) is 24.3 Å². The Morgan fingerprint density at radius 2 is 1.82 bits per heavy atom. The third kappa shape index (κ3) is 6.11. The van der Waals surface area contributed by atoms with Gasteiger partial charge in [-0.2, -0.15) is 19.6 Å². The number of furan rings is 1. The number of nitrogens with one attached hydrogen (secondary N) is 2. The number of nitrogen functional groups attached to an aromatic ring is 1. The van der Waals surface area contributed by atoms with Crippen molar-refractivity contribution in [3.63, 3.8) is 0 Å². The van der Waals surface area contributed by atoms with Crippen molar-refractivity contribution in [1.82, 2.24) is 34.7 Å². The van der Waals surface area contributed by atoms with Crippen LogP contribution in [0.1, 0.15) is 0 Å². The lowest BCUT2D eigenvalue weighted by atomic mass is 10.2. The fourth-order valence-electron chi connectivity index (χ4n) is 5.13. The van der Waals surface area contributed by atoms with Gasteiger partial charge in [0.2, 0.25) is 11.9 Å². The first-order valence-electron chi connectivity index (χ1n) is 13.8. The van der Waals surface area contributed by atoms with Crippen LogP contribution in [-0.4, -0.2) is 108 Å². The Kier molecular flexibility index (Phi) is 7.93. The summed E-state index contributed by atoms with van der Waals surface area (Å²) in [6.45, 7) is 10.1. The smallest absolute Gasteiger partial charge is 0.228 e. The molecule has 0 atom stereocenters. The first-order valence-corrected chi connectivity index (χ1v) is 13.8. The number of anilines is 3. The van der Waals surface area contributed by atoms with Crippen LogP contribution >= 0.6 is 0 Å². The van der Waals surface area contributed by atoms with Crippen LogP contribution in [-0.2, 0) is 0 Å². The van der Waals surface area contributed by atoms with E-state index in [-0.39, 0.29) is 11.8 Å². The Hall–Kier alpha value is -3.94. The fraction of sp³-hybridized carbons (Fsp3) is 0.444. The molecule has 0 aliphatic carbocycles. The maximum atomic E-state index is 14.9. The van der Waals surface area contributed by atoms with Crippen LogP contribution in [0.3, 0.4) is 0 Å². The summed E-state index contributed by atoms with van der Waals surface area (Å²) >= 11 is 0. The Morgan fingerprint density at radius 1 is 1.00 bits per heavy atom. The minimum absolute atomic E-state index is 0.241. The molecular formula is C27H35FN10O2. The Balaban J connectivity index is 0.956. The van der Waals surface area contributed by atoms with Crippen LogP contribution in [0.25, 0.3) is 17.1 Å². The molecule has 13 heteroatoms. The van der Waals surface area contributed by atoms with Gasteiger partial charge in [0.1, 0.15) is 23.9 Å². The summed E-state index contributed by atoms with van der Waals surface area (Å²) in [7, 11) is 0. The number of nitrogens with two attached hydrogens (primary N) is 1. The van der Waals surface area contributed by atoms with Crippen molar-refractivity contribution >= 4 is 23.2 Å². The highest BCUT2D eigenvalue weighted by molar-refractivity contribution is 5.61. The summed E-state index contributed by atoms with van der Waals surface area (Å²) < 4.78 is 27.7. The van der Waals surface area contributed by atoms with Crippen molar-refractivity contribution in [3.05, 3.63) is 48.5 Å². The Bertz CT molecular complexity index is 1400. The highest BCUT2D eigenvalue weighted by Gasteiger charge is 2.20. The molecule has 4 N–H and O–H groups in total. The van der Waals surface area contributed by atoms with Crippen molar-refractivity contribution in [2.75, 3.05) is 94.5 Å². The number of benzene rings is 1. The quantitative estimate of drug-likeness (QED) is 0.267. The van der Waals surface area contributed by atoms with Crippen molar-refractivity contribution < 1.29 is 13.5 Å². The van der Waals surface area contributed by atoms with Crippen LogP contribution < -0.4 is 26.0 Å². The Labute approximate surface area is 231 Å². The van der Waals surface area contributed by atoms with E-state index in [2.05, 4.69) is 40.4 Å². The van der Waals surface area contributed by atoms with Crippen molar-refractivity contribution in [3.8, 4) is 17.2 Å². The number of ether oxygens (including phenoxy) is 1. The second kappa shape index (κ2) is 12.1. The maximum absolute atomic E-state index is 14.9. The zero-order valence-corrected chi connectivity index (χ0v) is 22.4. The van der Waals surface area contributed by atoms with E-state index >= 15 is 0 Å². The van der Waals surface area contributed by atoms with Crippen LogP contribution in [0, 0.1) is 5.82 Å². The minimum Gasteiger partial charge on any atom is -0.492 e. The Morgan fingerprint density at radius 3 is 2.60 bits per heavy atom. The lowest BCUT2D eigenvalue weighted by Crippen LogP contribution is -2.48. The van der Waals surface area contributed by atoms with Crippen molar-refractivity contribution in [2.24, 2.45) is 0 Å². The number of hydrogen-bond donors (Lipinski definition) is 3. The van der Waals surface area contributed by atoms with Gasteiger partial charge in [-0.1, -0.05) is 0 Å². The second-order valence-corrected chi connectivity index (χ2v) is 9.99. The van der Waals surface area contributed by atoms with Crippen LogP contribution in [0.2, 0.25) is 0 Å². The molecule has 3 aromatic heterocycles. The highest BCUT2D eigenvalue weighted by atomic mass is 19.1. The van der Waals surface area contributed by atoms with Gasteiger partial charge in [0.15, 0.2) is 11.4 Å². The van der Waals surface area contributed by atoms with E-state index in [1.165, 1.54) is 10.6 Å². The summed E-state index contributed by atoms with van der Waals surface area (Å²) in [5.41, 5.74) is 7.96. The van der Waals surface area contributed by atoms with Gasteiger partial charge in [-0.3, -0.25) is 9.80 Å². The molecule has 0 spiro atoms. The molecule has 2 aliphatic heterocycles. The van der Waals surface area contributed by atoms with Gasteiger partial charge in [0.05, 0.1) is 12.0 Å². The highest BCUT2D eigenvalue weighted by Crippen LogP contribution is 2.25. The topological polar surface area (TPSA) is 125 Å². The molecule has 0 amide bonds. The molecule has 0 bridgehead atoms. The van der Waals surface area contributed by atoms with Crippen LogP contribution in [0.5, 0.6) is 5.75 Å². The molecule has 0 saturated carbocycles. The average Bonchev–Trinajstić information content (AvgIpc) is 3.65. The van der Waals surface area contributed by atoms with E-state index in [0.717, 1.165) is 65.4 Å². The lowest BCUT2D eigenvalue weighted by Gasteiger charge is -2.36. The van der Waals surface area contributed by atoms with Crippen LogP contribution in [0.15, 0.2) is 47.1 Å². The molecule has 5 heterocycles. The molecule has 2 saturated heterocycles. The van der Waals surface area contributed by atoms with Crippen molar-refractivity contribution in [1.29, 1.82) is 0 Å². The molecule has 2 aliphatic rings. The number of halogens is 1. The predicted octanol–water partition coefficient (Wildman–Crippen LogP) is 1.62. The van der Waals surface area contributed by atoms with Gasteiger partial charge in [-0.15, -0.1) is 0 Å². The minimum atomic E-state index is -0.241. The van der Waals surface area contributed by atoms with E-state index in [1.54, 1.807) is 12.3 Å². The number of piperazine rings is 2. The summed E-state index contributed by atoms with van der Waals surface area (Å²) in [6.07, 6.45) is 1.60. The summed E-state index contributed by atoms with van der Waals surface area (Å²) in [6, 6.07) is 10.7. The zero-order valence-electron chi connectivity index (χ0n) is 22.4. The summed E-state index contributed by atoms with van der Waals surface area (Å²) in [4.78, 5) is 15.7. The van der Waals surface area contributed by atoms with E-state index < -0.39 is 0 Å². The molecule has 212 valence electrons. The maximum Gasteiger partial charge on any atom is 0.228 e. The monoisotopic (exact) mass is 550 g/mol. The van der Waals surface area contributed by atoms with Gasteiger partial charge in [0, 0.05) is 84.1 Å². The van der Waals surface area contributed by atoms with Crippen LogP contribution in [0.4, 0.5) is 22.0 Å². The molecule has 0 radical (unpaired) electrons. The lowest BCUT2D eigenvalue weighted by molar-refractivity contribution is 0.191. The van der Waals surface area contributed by atoms with E-state index in [0.29, 0.717) is 47.6 Å². The molecule has 0 unspecified atom stereocenters. The predicted molar refractivity (Wildman–Crippen MR) is 151 cm³/mol. The molecule has 40 heavy (non-hydrogen) atoms. The number of nitrogens with zero attached hydrogens (tertiary/aromatic N) is 7. The average molecular weight is 551 g/mol. The van der Waals surface area contributed by atoms with E-state index in [1.807, 2.05) is 24.3 Å². The van der Waals surface area contributed by atoms with Gasteiger partial charge in [-0.25, -0.2) is 4.39 Å². The van der Waals surface area contributed by atoms with E-state index in [4.69, 9.17) is 14.9 Å². The number of aromatic nitrogens is 4. The zero-order chi connectivity index (χ0) is 27.3. The van der Waals surface area contributed by atoms with Crippen molar-refractivity contribution in [2.45, 2.75) is 0 Å². The molecule has 12 nitrogen and oxygen atoms in total. The summed E-state index contributed by atoms with van der Waals surface area (Å²) in [5, 5.41) is 11.0. The molecule has 4 aromatic rings. The first-order chi connectivity index (χ1) is 19.6. The fourth-order valence-corrected chi connectivity index (χ4v) is 5.13. The van der Waals surface area contributed by atoms with Gasteiger partial charge in [0.25, 0.3) is 0 Å². The molecule has 2 fully saturated rings. The third-order valence-electron chi connectivity index (χ3n) is 7.35. The third-order valence-corrected chi connectivity index (χ3v) is 7.35. The SMILES string of the molecule is Nc1nc(NCCN2CCN(c3ccc(OCCN4CCNCC4)cc3F)CC2)nc2cc(-c3ccco3)nn12. The number of fused-ring (bicyclic) bond motifs is 1. The number of rotatable bonds is 10. The first kappa shape index (κ1) is 26.3. The van der Waals surface area contributed by atoms with Gasteiger partial charge >= 0.3 is 0 Å². The van der Waals surface area contributed by atoms with E-state index in [9.17, 15) is 4.39 Å². The number of hydrogen-bond acceptors (Lipinski definition) is 11. The normalized spacial score (nSPS) is 17.0. The summed E-state index contributed by atoms with van der Waals surface area (Å²) in [5.74, 6) is 1.68. The standard InChI is InChI=1S/C27H35FN10O2/c28-21-18-20(39-17-15-35-8-5-30-6-9-35)3-4-23(21)37-13-11-36(12-14-37)10-7-31-27-32-25-19-22(24-2-1-16-40-24)34-38(25)26(29)33-27/h1-4,16,18-19,30H,5-15,17H2,(H3,29,31,32,33). The van der Waals surface area contributed by atoms with Gasteiger partial charge < -0.3 is 30.4 Å². The second-order valence-electron chi connectivity index (χ2n) is 9.99. The molecular weight excluding hydrogens is 515 g/mol. The molecule has 1 aromatic carbocycles. The largest absolute Gasteiger partial charge is 0.492 e. The molecule has 6 rings (SSSR count).